The zero-order chi connectivity index (χ0) is 15.1. The molecule has 1 aromatic carbocycles. The van der Waals surface area contributed by atoms with Crippen LogP contribution in [0.15, 0.2) is 29.4 Å². The number of alkyl halides is 2. The van der Waals surface area contributed by atoms with E-state index in [1.54, 1.807) is 6.21 Å². The van der Waals surface area contributed by atoms with Gasteiger partial charge in [0.2, 0.25) is 5.91 Å². The molecule has 1 aromatic rings. The van der Waals surface area contributed by atoms with Gasteiger partial charge in [-0.25, -0.2) is 5.43 Å². The van der Waals surface area contributed by atoms with Crippen LogP contribution >= 0.6 is 23.2 Å². The van der Waals surface area contributed by atoms with Crippen molar-refractivity contribution in [3.63, 3.8) is 0 Å². The van der Waals surface area contributed by atoms with Gasteiger partial charge in [0.15, 0.2) is 0 Å². The fraction of sp³-hybridized carbons (Fsp3) is 0.467. The molecular formula is C15H19Cl2N3O. The van der Waals surface area contributed by atoms with Crippen LogP contribution in [0, 0.1) is 5.92 Å². The molecule has 6 heteroatoms. The first kappa shape index (κ1) is 16.1. The number of hydrogen-bond donors (Lipinski definition) is 1. The predicted molar refractivity (Wildman–Crippen MR) is 88.6 cm³/mol. The first-order valence-corrected chi connectivity index (χ1v) is 8.11. The highest BCUT2D eigenvalue weighted by atomic mass is 35.5. The van der Waals surface area contributed by atoms with Crippen LogP contribution in [0.25, 0.3) is 0 Å². The molecule has 1 saturated carbocycles. The Balaban J connectivity index is 1.90. The SMILES string of the molecule is O=C(N/N=C/c1ccc(N(CCCl)CCCl)cc1)C1CC1. The van der Waals surface area contributed by atoms with Gasteiger partial charge >= 0.3 is 0 Å². The lowest BCUT2D eigenvalue weighted by Gasteiger charge is -2.22. The molecule has 114 valence electrons. The number of benzene rings is 1. The summed E-state index contributed by atoms with van der Waals surface area (Å²) in [5, 5.41) is 3.97. The molecule has 4 nitrogen and oxygen atoms in total. The zero-order valence-corrected chi connectivity index (χ0v) is 13.3. The van der Waals surface area contributed by atoms with Crippen LogP contribution in [-0.2, 0) is 4.79 Å². The summed E-state index contributed by atoms with van der Waals surface area (Å²) in [4.78, 5) is 13.6. The van der Waals surface area contributed by atoms with Crippen molar-refractivity contribution < 1.29 is 4.79 Å². The smallest absolute Gasteiger partial charge is 0.243 e. The van der Waals surface area contributed by atoms with Crippen molar-refractivity contribution >= 4 is 41.0 Å². The largest absolute Gasteiger partial charge is 0.369 e. The van der Waals surface area contributed by atoms with E-state index in [2.05, 4.69) is 15.4 Å². The van der Waals surface area contributed by atoms with Crippen molar-refractivity contribution in [1.29, 1.82) is 0 Å². The maximum absolute atomic E-state index is 11.4. The van der Waals surface area contributed by atoms with E-state index in [4.69, 9.17) is 23.2 Å². The van der Waals surface area contributed by atoms with Gasteiger partial charge in [0, 0.05) is 36.5 Å². The fourth-order valence-electron chi connectivity index (χ4n) is 1.95. The summed E-state index contributed by atoms with van der Waals surface area (Å²) in [5.74, 6) is 1.31. The minimum absolute atomic E-state index is 0.0123. The third-order valence-corrected chi connectivity index (χ3v) is 3.64. The van der Waals surface area contributed by atoms with Crippen molar-refractivity contribution in [1.82, 2.24) is 5.43 Å². The molecule has 0 aromatic heterocycles. The van der Waals surface area contributed by atoms with E-state index >= 15 is 0 Å². The fourth-order valence-corrected chi connectivity index (χ4v) is 2.36. The van der Waals surface area contributed by atoms with E-state index in [1.165, 1.54) is 0 Å². The number of anilines is 1. The number of halogens is 2. The highest BCUT2D eigenvalue weighted by molar-refractivity contribution is 6.18. The molecule has 0 radical (unpaired) electrons. The summed E-state index contributed by atoms with van der Waals surface area (Å²) >= 11 is 11.6. The maximum Gasteiger partial charge on any atom is 0.243 e. The Hall–Kier alpha value is -1.26. The van der Waals surface area contributed by atoms with Crippen LogP contribution < -0.4 is 10.3 Å². The van der Waals surface area contributed by atoms with Gasteiger partial charge in [-0.15, -0.1) is 23.2 Å². The van der Waals surface area contributed by atoms with Gasteiger partial charge in [0.05, 0.1) is 6.21 Å². The maximum atomic E-state index is 11.4. The van der Waals surface area contributed by atoms with Gasteiger partial charge < -0.3 is 4.90 Å². The first-order chi connectivity index (χ1) is 10.2. The lowest BCUT2D eigenvalue weighted by atomic mass is 10.2. The van der Waals surface area contributed by atoms with Crippen LogP contribution in [0.3, 0.4) is 0 Å². The van der Waals surface area contributed by atoms with Crippen molar-refractivity contribution in [2.24, 2.45) is 11.0 Å². The number of hydrogen-bond acceptors (Lipinski definition) is 3. The molecule has 1 N–H and O–H groups in total. The number of rotatable bonds is 8. The molecule has 1 aliphatic rings. The van der Waals surface area contributed by atoms with Gasteiger partial charge in [0.1, 0.15) is 0 Å². The van der Waals surface area contributed by atoms with E-state index in [-0.39, 0.29) is 11.8 Å². The molecule has 1 aliphatic carbocycles. The van der Waals surface area contributed by atoms with Crippen LogP contribution in [-0.4, -0.2) is 37.0 Å². The summed E-state index contributed by atoms with van der Waals surface area (Å²) in [7, 11) is 0. The molecule has 1 fully saturated rings. The predicted octanol–water partition coefficient (Wildman–Crippen LogP) is 2.83. The van der Waals surface area contributed by atoms with Gasteiger partial charge in [-0.2, -0.15) is 5.10 Å². The number of amides is 1. The van der Waals surface area contributed by atoms with Crippen molar-refractivity contribution in [2.75, 3.05) is 29.7 Å². The molecule has 0 saturated heterocycles. The van der Waals surface area contributed by atoms with Gasteiger partial charge in [-0.1, -0.05) is 12.1 Å². The lowest BCUT2D eigenvalue weighted by molar-refractivity contribution is -0.122. The Bertz CT molecular complexity index is 480. The summed E-state index contributed by atoms with van der Waals surface area (Å²) in [6.07, 6.45) is 3.61. The average molecular weight is 328 g/mol. The second-order valence-corrected chi connectivity index (χ2v) is 5.72. The number of carbonyl (C=O) groups is 1. The summed E-state index contributed by atoms with van der Waals surface area (Å²) in [6, 6.07) is 7.92. The molecule has 0 aliphatic heterocycles. The first-order valence-electron chi connectivity index (χ1n) is 7.04. The summed E-state index contributed by atoms with van der Waals surface area (Å²) < 4.78 is 0. The molecule has 21 heavy (non-hydrogen) atoms. The zero-order valence-electron chi connectivity index (χ0n) is 11.8. The van der Waals surface area contributed by atoms with Crippen molar-refractivity contribution in [2.45, 2.75) is 12.8 Å². The molecular weight excluding hydrogens is 309 g/mol. The lowest BCUT2D eigenvalue weighted by Crippen LogP contribution is -2.27. The van der Waals surface area contributed by atoms with Crippen molar-refractivity contribution in [3.05, 3.63) is 29.8 Å². The highest BCUT2D eigenvalue weighted by Gasteiger charge is 2.29. The molecule has 0 unspecified atom stereocenters. The van der Waals surface area contributed by atoms with Gasteiger partial charge in [-0.05, 0) is 30.5 Å². The molecule has 0 heterocycles. The van der Waals surface area contributed by atoms with Crippen LogP contribution in [0.5, 0.6) is 0 Å². The van der Waals surface area contributed by atoms with Crippen LogP contribution in [0.1, 0.15) is 18.4 Å². The number of carbonyl (C=O) groups excluding carboxylic acids is 1. The highest BCUT2D eigenvalue weighted by Crippen LogP contribution is 2.28. The number of nitrogens with one attached hydrogen (secondary N) is 1. The average Bonchev–Trinajstić information content (AvgIpc) is 3.32. The summed E-state index contributed by atoms with van der Waals surface area (Å²) in [5.41, 5.74) is 4.57. The Morgan fingerprint density at radius 2 is 1.86 bits per heavy atom. The Labute approximate surface area is 135 Å². The topological polar surface area (TPSA) is 44.7 Å². The molecule has 0 spiro atoms. The third-order valence-electron chi connectivity index (χ3n) is 3.30. The van der Waals surface area contributed by atoms with Crippen LogP contribution in [0.2, 0.25) is 0 Å². The molecule has 0 bridgehead atoms. The second kappa shape index (κ2) is 8.25. The van der Waals surface area contributed by atoms with E-state index in [0.29, 0.717) is 11.8 Å². The van der Waals surface area contributed by atoms with E-state index in [1.807, 2.05) is 24.3 Å². The minimum atomic E-state index is 0.0123. The monoisotopic (exact) mass is 327 g/mol. The van der Waals surface area contributed by atoms with Crippen molar-refractivity contribution in [3.8, 4) is 0 Å². The normalized spacial score (nSPS) is 14.4. The number of hydrazone groups is 1. The summed E-state index contributed by atoms with van der Waals surface area (Å²) in [6.45, 7) is 1.53. The molecule has 0 atom stereocenters. The molecule has 1 amide bonds. The third kappa shape index (κ3) is 5.21. The minimum Gasteiger partial charge on any atom is -0.369 e. The Morgan fingerprint density at radius 3 is 2.38 bits per heavy atom. The van der Waals surface area contributed by atoms with E-state index in [9.17, 15) is 4.79 Å². The van der Waals surface area contributed by atoms with E-state index < -0.39 is 0 Å². The Kier molecular flexibility index (Phi) is 6.33. The standard InChI is InChI=1S/C15H19Cl2N3O/c16-7-9-20(10-8-17)14-5-1-12(2-6-14)11-18-19-15(21)13-3-4-13/h1-2,5-6,11,13H,3-4,7-10H2,(H,19,21)/b18-11+. The van der Waals surface area contributed by atoms with Gasteiger partial charge in [-0.3, -0.25) is 4.79 Å². The van der Waals surface area contributed by atoms with Gasteiger partial charge in [0.25, 0.3) is 0 Å². The number of nitrogens with zero attached hydrogens (tertiary/aromatic N) is 2. The van der Waals surface area contributed by atoms with Crippen LogP contribution in [0.4, 0.5) is 5.69 Å². The quantitative estimate of drug-likeness (QED) is 0.453. The molecule has 2 rings (SSSR count). The second-order valence-electron chi connectivity index (χ2n) is 4.97. The van der Waals surface area contributed by atoms with E-state index in [0.717, 1.165) is 37.2 Å². The Morgan fingerprint density at radius 1 is 1.24 bits per heavy atom.